The molecule has 0 aliphatic carbocycles. The van der Waals surface area contributed by atoms with Crippen molar-refractivity contribution >= 4 is 18.3 Å². The van der Waals surface area contributed by atoms with E-state index in [0.717, 1.165) is 39.0 Å². The van der Waals surface area contributed by atoms with E-state index in [4.69, 9.17) is 0 Å². The van der Waals surface area contributed by atoms with E-state index in [1.54, 1.807) is 12.1 Å². The largest absolute Gasteiger partial charge is 0.339 e. The second-order valence-corrected chi connectivity index (χ2v) is 5.05. The Hall–Kier alpha value is -1.13. The summed E-state index contributed by atoms with van der Waals surface area (Å²) in [5.41, 5.74) is 0.575. The van der Waals surface area contributed by atoms with Crippen molar-refractivity contribution in [1.29, 1.82) is 0 Å². The number of amides is 1. The first-order valence-electron chi connectivity index (χ1n) is 6.96. The molecular formula is C15H22ClFN2O. The van der Waals surface area contributed by atoms with Crippen LogP contribution in [0.5, 0.6) is 0 Å². The van der Waals surface area contributed by atoms with E-state index >= 15 is 0 Å². The molecule has 2 rings (SSSR count). The smallest absolute Gasteiger partial charge is 0.253 e. The summed E-state index contributed by atoms with van der Waals surface area (Å²) in [4.78, 5) is 14.1. The molecule has 3 nitrogen and oxygen atoms in total. The molecule has 1 saturated heterocycles. The Labute approximate surface area is 125 Å². The SMILES string of the molecule is CCNCC1CCN(C(=O)c2ccc(F)cc2)CC1.Cl. The normalized spacial score (nSPS) is 15.8. The molecule has 1 fully saturated rings. The summed E-state index contributed by atoms with van der Waals surface area (Å²) in [6.07, 6.45) is 2.08. The summed E-state index contributed by atoms with van der Waals surface area (Å²) in [5, 5.41) is 3.35. The van der Waals surface area contributed by atoms with Gasteiger partial charge in [-0.15, -0.1) is 12.4 Å². The van der Waals surface area contributed by atoms with Gasteiger partial charge in [-0.3, -0.25) is 4.79 Å². The Balaban J connectivity index is 0.00000200. The summed E-state index contributed by atoms with van der Waals surface area (Å²) in [5.74, 6) is 0.375. The average molecular weight is 301 g/mol. The molecular weight excluding hydrogens is 279 g/mol. The van der Waals surface area contributed by atoms with Crippen molar-refractivity contribution in [2.75, 3.05) is 26.2 Å². The van der Waals surface area contributed by atoms with Gasteiger partial charge in [-0.2, -0.15) is 0 Å². The van der Waals surface area contributed by atoms with Crippen molar-refractivity contribution in [3.63, 3.8) is 0 Å². The van der Waals surface area contributed by atoms with Crippen LogP contribution in [0.4, 0.5) is 4.39 Å². The predicted molar refractivity (Wildman–Crippen MR) is 80.8 cm³/mol. The highest BCUT2D eigenvalue weighted by atomic mass is 35.5. The van der Waals surface area contributed by atoms with E-state index in [1.807, 2.05) is 4.90 Å². The zero-order valence-corrected chi connectivity index (χ0v) is 12.6. The highest BCUT2D eigenvalue weighted by molar-refractivity contribution is 5.94. The molecule has 1 heterocycles. The van der Waals surface area contributed by atoms with Crippen molar-refractivity contribution in [2.45, 2.75) is 19.8 Å². The summed E-state index contributed by atoms with van der Waals surface area (Å²) >= 11 is 0. The van der Waals surface area contributed by atoms with Crippen LogP contribution < -0.4 is 5.32 Å². The molecule has 5 heteroatoms. The first-order chi connectivity index (χ1) is 9.20. The van der Waals surface area contributed by atoms with E-state index in [2.05, 4.69) is 12.2 Å². The van der Waals surface area contributed by atoms with Crippen molar-refractivity contribution in [3.8, 4) is 0 Å². The first-order valence-corrected chi connectivity index (χ1v) is 6.96. The fourth-order valence-electron chi connectivity index (χ4n) is 2.46. The number of benzene rings is 1. The van der Waals surface area contributed by atoms with Gasteiger partial charge in [0.2, 0.25) is 0 Å². The molecule has 0 saturated carbocycles. The Morgan fingerprint density at radius 2 is 1.90 bits per heavy atom. The summed E-state index contributed by atoms with van der Waals surface area (Å²) < 4.78 is 12.8. The molecule has 20 heavy (non-hydrogen) atoms. The minimum Gasteiger partial charge on any atom is -0.339 e. The van der Waals surface area contributed by atoms with Gasteiger partial charge in [0.1, 0.15) is 5.82 Å². The molecule has 0 radical (unpaired) electrons. The number of halogens is 2. The monoisotopic (exact) mass is 300 g/mol. The molecule has 1 N–H and O–H groups in total. The number of hydrogen-bond acceptors (Lipinski definition) is 2. The van der Waals surface area contributed by atoms with Crippen LogP contribution in [0, 0.1) is 11.7 Å². The van der Waals surface area contributed by atoms with Crippen molar-refractivity contribution in [1.82, 2.24) is 10.2 Å². The Morgan fingerprint density at radius 1 is 1.30 bits per heavy atom. The van der Waals surface area contributed by atoms with Gasteiger partial charge in [-0.25, -0.2) is 4.39 Å². The van der Waals surface area contributed by atoms with E-state index in [1.165, 1.54) is 12.1 Å². The molecule has 112 valence electrons. The number of hydrogen-bond donors (Lipinski definition) is 1. The third kappa shape index (κ3) is 4.46. The number of rotatable bonds is 4. The van der Waals surface area contributed by atoms with E-state index in [9.17, 15) is 9.18 Å². The number of carbonyl (C=O) groups is 1. The lowest BCUT2D eigenvalue weighted by Gasteiger charge is -2.32. The zero-order valence-electron chi connectivity index (χ0n) is 11.8. The number of nitrogens with one attached hydrogen (secondary N) is 1. The third-order valence-corrected chi connectivity index (χ3v) is 3.68. The maximum Gasteiger partial charge on any atom is 0.253 e. The fourth-order valence-corrected chi connectivity index (χ4v) is 2.46. The maximum atomic E-state index is 12.8. The molecule has 1 aliphatic heterocycles. The first kappa shape index (κ1) is 16.9. The second kappa shape index (κ2) is 8.22. The van der Waals surface area contributed by atoms with Gasteiger partial charge in [0.05, 0.1) is 0 Å². The van der Waals surface area contributed by atoms with Gasteiger partial charge in [-0.05, 0) is 56.1 Å². The lowest BCUT2D eigenvalue weighted by Crippen LogP contribution is -2.40. The molecule has 1 aromatic carbocycles. The molecule has 0 unspecified atom stereocenters. The molecule has 1 aliphatic rings. The van der Waals surface area contributed by atoms with Crippen LogP contribution >= 0.6 is 12.4 Å². The van der Waals surface area contributed by atoms with Crippen LogP contribution in [0.3, 0.4) is 0 Å². The quantitative estimate of drug-likeness (QED) is 0.927. The molecule has 0 atom stereocenters. The molecule has 1 aromatic rings. The van der Waals surface area contributed by atoms with Crippen molar-refractivity contribution in [3.05, 3.63) is 35.6 Å². The van der Waals surface area contributed by atoms with E-state index in [0.29, 0.717) is 11.5 Å². The van der Waals surface area contributed by atoms with Gasteiger partial charge in [0, 0.05) is 18.7 Å². The van der Waals surface area contributed by atoms with Crippen LogP contribution in [-0.4, -0.2) is 37.0 Å². The van der Waals surface area contributed by atoms with Crippen LogP contribution in [0.25, 0.3) is 0 Å². The highest BCUT2D eigenvalue weighted by Gasteiger charge is 2.23. The van der Waals surface area contributed by atoms with E-state index in [-0.39, 0.29) is 24.1 Å². The Bertz CT molecular complexity index is 416. The average Bonchev–Trinajstić information content (AvgIpc) is 2.46. The second-order valence-electron chi connectivity index (χ2n) is 5.05. The van der Waals surface area contributed by atoms with Gasteiger partial charge < -0.3 is 10.2 Å². The number of piperidine rings is 1. The summed E-state index contributed by atoms with van der Waals surface area (Å²) in [6.45, 7) is 5.73. The van der Waals surface area contributed by atoms with Crippen molar-refractivity contribution in [2.24, 2.45) is 5.92 Å². The molecule has 0 bridgehead atoms. The Morgan fingerprint density at radius 3 is 2.45 bits per heavy atom. The number of carbonyl (C=O) groups excluding carboxylic acids is 1. The summed E-state index contributed by atoms with van der Waals surface area (Å²) in [6, 6.07) is 5.79. The van der Waals surface area contributed by atoms with Gasteiger partial charge in [0.25, 0.3) is 5.91 Å². The van der Waals surface area contributed by atoms with Crippen molar-refractivity contribution < 1.29 is 9.18 Å². The van der Waals surface area contributed by atoms with E-state index < -0.39 is 0 Å². The highest BCUT2D eigenvalue weighted by Crippen LogP contribution is 2.18. The zero-order chi connectivity index (χ0) is 13.7. The lowest BCUT2D eigenvalue weighted by atomic mass is 9.96. The van der Waals surface area contributed by atoms with Crippen LogP contribution in [0.1, 0.15) is 30.1 Å². The summed E-state index contributed by atoms with van der Waals surface area (Å²) in [7, 11) is 0. The molecule has 1 amide bonds. The topological polar surface area (TPSA) is 32.3 Å². The van der Waals surface area contributed by atoms with Gasteiger partial charge >= 0.3 is 0 Å². The van der Waals surface area contributed by atoms with Crippen LogP contribution in [0.2, 0.25) is 0 Å². The Kier molecular flexibility index (Phi) is 6.96. The minimum absolute atomic E-state index is 0. The molecule has 0 spiro atoms. The number of likely N-dealkylation sites (tertiary alicyclic amines) is 1. The maximum absolute atomic E-state index is 12.8. The van der Waals surface area contributed by atoms with Gasteiger partial charge in [0.15, 0.2) is 0 Å². The minimum atomic E-state index is -0.305. The lowest BCUT2D eigenvalue weighted by molar-refractivity contribution is 0.0690. The third-order valence-electron chi connectivity index (χ3n) is 3.68. The number of nitrogens with zero attached hydrogens (tertiary/aromatic N) is 1. The fraction of sp³-hybridized carbons (Fsp3) is 0.533. The standard InChI is InChI=1S/C15H21FN2O.ClH/c1-2-17-11-12-7-9-18(10-8-12)15(19)13-3-5-14(16)6-4-13;/h3-6,12,17H,2,7-11H2,1H3;1H. The molecule has 0 aromatic heterocycles. The predicted octanol–water partition coefficient (Wildman–Crippen LogP) is 2.71. The van der Waals surface area contributed by atoms with Gasteiger partial charge in [-0.1, -0.05) is 6.92 Å². The van der Waals surface area contributed by atoms with Crippen LogP contribution in [-0.2, 0) is 0 Å². The van der Waals surface area contributed by atoms with Crippen LogP contribution in [0.15, 0.2) is 24.3 Å².